The van der Waals surface area contributed by atoms with E-state index >= 15 is 0 Å². The second kappa shape index (κ2) is 7.53. The Morgan fingerprint density at radius 2 is 1.77 bits per heavy atom. The van der Waals surface area contributed by atoms with Gasteiger partial charge in [0.25, 0.3) is 0 Å². The Hall–Kier alpha value is -3.26. The Kier molecular flexibility index (Phi) is 5.03. The van der Waals surface area contributed by atoms with Gasteiger partial charge >= 0.3 is 0 Å². The lowest BCUT2D eigenvalue weighted by molar-refractivity contribution is -0.116. The van der Waals surface area contributed by atoms with E-state index in [1.807, 2.05) is 42.6 Å². The molecular weight excluding hydrogens is 400 g/mol. The number of carbonyl (C=O) groups excluding carboxylic acids is 1. The topological polar surface area (TPSA) is 93.4 Å². The van der Waals surface area contributed by atoms with Crippen LogP contribution in [0.4, 0.5) is 5.69 Å². The quantitative estimate of drug-likeness (QED) is 0.531. The molecule has 154 valence electrons. The van der Waals surface area contributed by atoms with E-state index in [1.165, 1.54) is 6.07 Å². The monoisotopic (exact) mass is 422 g/mol. The molecule has 0 saturated heterocycles. The maximum absolute atomic E-state index is 12.5. The molecule has 0 aliphatic rings. The van der Waals surface area contributed by atoms with Crippen molar-refractivity contribution in [3.05, 3.63) is 65.5 Å². The van der Waals surface area contributed by atoms with Crippen LogP contribution in [-0.4, -0.2) is 35.2 Å². The first kappa shape index (κ1) is 20.0. The molecule has 0 aliphatic carbocycles. The molecule has 2 aromatic carbocycles. The van der Waals surface area contributed by atoms with Crippen LogP contribution in [0.5, 0.6) is 0 Å². The predicted molar refractivity (Wildman–Crippen MR) is 116 cm³/mol. The number of nitrogens with one attached hydrogen (secondary N) is 1. The van der Waals surface area contributed by atoms with E-state index < -0.39 is 9.84 Å². The smallest absolute Gasteiger partial charge is 0.224 e. The molecule has 0 radical (unpaired) electrons. The first-order chi connectivity index (χ1) is 14.3. The fraction of sp³-hybridized carbons (Fsp3) is 0.227. The van der Waals surface area contributed by atoms with Crippen molar-refractivity contribution in [2.24, 2.45) is 0 Å². The summed E-state index contributed by atoms with van der Waals surface area (Å²) in [4.78, 5) is 17.4. The minimum atomic E-state index is -3.43. The molecule has 7 nitrogen and oxygen atoms in total. The first-order valence-electron chi connectivity index (χ1n) is 9.58. The molecule has 8 heteroatoms. The van der Waals surface area contributed by atoms with Crippen molar-refractivity contribution in [2.75, 3.05) is 11.6 Å². The molecule has 30 heavy (non-hydrogen) atoms. The number of amides is 1. The highest BCUT2D eigenvalue weighted by atomic mass is 32.2. The summed E-state index contributed by atoms with van der Waals surface area (Å²) < 4.78 is 25.7. The zero-order valence-corrected chi connectivity index (χ0v) is 17.8. The van der Waals surface area contributed by atoms with E-state index in [0.29, 0.717) is 12.1 Å². The predicted octanol–water partition coefficient (Wildman–Crippen LogP) is 3.47. The standard InChI is InChI=1S/C22H22N4O3S/c1-14-16(15(2)26-22(23-14)17-8-4-5-9-18(17)25-26)12-13-21(27)24-19-10-6-7-11-20(19)30(3,28)29/h4-11H,12-13H2,1-3H3,(H,24,27). The largest absolute Gasteiger partial charge is 0.325 e. The molecule has 2 heterocycles. The normalized spacial score (nSPS) is 11.8. The average molecular weight is 423 g/mol. The highest BCUT2D eigenvalue weighted by Crippen LogP contribution is 2.24. The van der Waals surface area contributed by atoms with Gasteiger partial charge in [-0.05, 0) is 50.1 Å². The van der Waals surface area contributed by atoms with E-state index in [0.717, 1.165) is 39.8 Å². The zero-order valence-electron chi connectivity index (χ0n) is 17.0. The molecule has 0 fully saturated rings. The summed E-state index contributed by atoms with van der Waals surface area (Å²) in [6.07, 6.45) is 1.80. The number of hydrogen-bond acceptors (Lipinski definition) is 5. The number of aromatic nitrogens is 3. The number of fused-ring (bicyclic) bond motifs is 3. The van der Waals surface area contributed by atoms with Crippen molar-refractivity contribution < 1.29 is 13.2 Å². The number of sulfone groups is 1. The number of carbonyl (C=O) groups is 1. The molecule has 0 spiro atoms. The zero-order chi connectivity index (χ0) is 21.5. The van der Waals surface area contributed by atoms with Crippen molar-refractivity contribution in [2.45, 2.75) is 31.6 Å². The van der Waals surface area contributed by atoms with Gasteiger partial charge in [0.15, 0.2) is 15.5 Å². The molecule has 2 aromatic heterocycles. The second-order valence-corrected chi connectivity index (χ2v) is 9.31. The summed E-state index contributed by atoms with van der Waals surface area (Å²) in [5.41, 5.74) is 4.73. The van der Waals surface area contributed by atoms with E-state index in [-0.39, 0.29) is 17.2 Å². The van der Waals surface area contributed by atoms with Crippen LogP contribution in [0.15, 0.2) is 53.4 Å². The van der Waals surface area contributed by atoms with Crippen LogP contribution in [0, 0.1) is 13.8 Å². The third-order valence-corrected chi connectivity index (χ3v) is 6.34. The molecule has 1 N–H and O–H groups in total. The summed E-state index contributed by atoms with van der Waals surface area (Å²) in [5, 5.41) is 8.35. The minimum Gasteiger partial charge on any atom is -0.325 e. The van der Waals surface area contributed by atoms with Crippen molar-refractivity contribution in [1.82, 2.24) is 14.6 Å². The summed E-state index contributed by atoms with van der Waals surface area (Å²) in [5.74, 6) is -0.254. The second-order valence-electron chi connectivity index (χ2n) is 7.33. The van der Waals surface area contributed by atoms with Crippen LogP contribution in [-0.2, 0) is 21.1 Å². The van der Waals surface area contributed by atoms with E-state index in [9.17, 15) is 13.2 Å². The van der Waals surface area contributed by atoms with Gasteiger partial charge in [0, 0.05) is 29.5 Å². The lowest BCUT2D eigenvalue weighted by Gasteiger charge is -2.12. The summed E-state index contributed by atoms with van der Waals surface area (Å²) in [6.45, 7) is 3.90. The van der Waals surface area contributed by atoms with Crippen molar-refractivity contribution in [1.29, 1.82) is 0 Å². The number of nitrogens with zero attached hydrogens (tertiary/aromatic N) is 3. The molecule has 4 rings (SSSR count). The van der Waals surface area contributed by atoms with Gasteiger partial charge in [0.05, 0.1) is 16.1 Å². The average Bonchev–Trinajstić information content (AvgIpc) is 3.06. The van der Waals surface area contributed by atoms with Crippen LogP contribution in [0.1, 0.15) is 23.4 Å². The molecular formula is C22H22N4O3S. The Balaban J connectivity index is 1.58. The number of hydrogen-bond donors (Lipinski definition) is 1. The molecule has 4 aromatic rings. The maximum atomic E-state index is 12.5. The van der Waals surface area contributed by atoms with Gasteiger partial charge in [-0.1, -0.05) is 24.3 Å². The lowest BCUT2D eigenvalue weighted by Crippen LogP contribution is -2.16. The van der Waals surface area contributed by atoms with Gasteiger partial charge in [-0.25, -0.2) is 17.9 Å². The van der Waals surface area contributed by atoms with Gasteiger partial charge in [0.1, 0.15) is 0 Å². The third-order valence-electron chi connectivity index (χ3n) is 5.18. The molecule has 1 amide bonds. The maximum Gasteiger partial charge on any atom is 0.224 e. The lowest BCUT2D eigenvalue weighted by atomic mass is 10.1. The Morgan fingerprint density at radius 1 is 1.07 bits per heavy atom. The SMILES string of the molecule is Cc1nc2c3ccccc3nn2c(C)c1CCC(=O)Nc1ccccc1S(C)(=O)=O. The van der Waals surface area contributed by atoms with Crippen LogP contribution in [0.25, 0.3) is 16.6 Å². The van der Waals surface area contributed by atoms with Crippen molar-refractivity contribution >= 4 is 38.0 Å². The van der Waals surface area contributed by atoms with Gasteiger partial charge in [-0.2, -0.15) is 5.10 Å². The van der Waals surface area contributed by atoms with Crippen LogP contribution < -0.4 is 5.32 Å². The van der Waals surface area contributed by atoms with Crippen molar-refractivity contribution in [3.63, 3.8) is 0 Å². The highest BCUT2D eigenvalue weighted by molar-refractivity contribution is 7.90. The summed E-state index contributed by atoms with van der Waals surface area (Å²) in [6, 6.07) is 14.3. The number of benzene rings is 2. The molecule has 0 unspecified atom stereocenters. The van der Waals surface area contributed by atoms with E-state index in [1.54, 1.807) is 18.2 Å². The van der Waals surface area contributed by atoms with Gasteiger partial charge in [0.2, 0.25) is 5.91 Å². The van der Waals surface area contributed by atoms with E-state index in [2.05, 4.69) is 10.4 Å². The van der Waals surface area contributed by atoms with Crippen LogP contribution in [0.2, 0.25) is 0 Å². The highest BCUT2D eigenvalue weighted by Gasteiger charge is 2.17. The van der Waals surface area contributed by atoms with Gasteiger partial charge in [-0.15, -0.1) is 0 Å². The fourth-order valence-corrected chi connectivity index (χ4v) is 4.53. The van der Waals surface area contributed by atoms with Gasteiger partial charge < -0.3 is 5.32 Å². The number of para-hydroxylation sites is 1. The fourth-order valence-electron chi connectivity index (χ4n) is 3.68. The molecule has 0 saturated carbocycles. The Labute approximate surface area is 174 Å². The van der Waals surface area contributed by atoms with Crippen LogP contribution >= 0.6 is 0 Å². The number of rotatable bonds is 5. The summed E-state index contributed by atoms with van der Waals surface area (Å²) >= 11 is 0. The third kappa shape index (κ3) is 3.66. The molecule has 0 aliphatic heterocycles. The molecule has 0 bridgehead atoms. The minimum absolute atomic E-state index is 0.108. The van der Waals surface area contributed by atoms with Crippen molar-refractivity contribution in [3.8, 4) is 0 Å². The Bertz CT molecular complexity index is 1390. The van der Waals surface area contributed by atoms with Crippen LogP contribution in [0.3, 0.4) is 0 Å². The van der Waals surface area contributed by atoms with Gasteiger partial charge in [-0.3, -0.25) is 4.79 Å². The number of aryl methyl sites for hydroxylation is 2. The van der Waals surface area contributed by atoms with E-state index in [4.69, 9.17) is 4.98 Å². The molecule has 0 atom stereocenters. The summed E-state index contributed by atoms with van der Waals surface area (Å²) in [7, 11) is -3.43. The number of anilines is 1. The Morgan fingerprint density at radius 3 is 2.53 bits per heavy atom. The first-order valence-corrected chi connectivity index (χ1v) is 11.5.